The van der Waals surface area contributed by atoms with E-state index in [-0.39, 0.29) is 5.91 Å². The summed E-state index contributed by atoms with van der Waals surface area (Å²) in [6.45, 7) is 2.43. The van der Waals surface area contributed by atoms with Crippen molar-refractivity contribution in [2.75, 3.05) is 11.9 Å². The van der Waals surface area contributed by atoms with Crippen LogP contribution in [0.2, 0.25) is 0 Å². The van der Waals surface area contributed by atoms with Crippen LogP contribution in [0.5, 0.6) is 11.5 Å². The van der Waals surface area contributed by atoms with Crippen molar-refractivity contribution in [2.45, 2.75) is 13.1 Å². The van der Waals surface area contributed by atoms with E-state index < -0.39 is 0 Å². The van der Waals surface area contributed by atoms with Gasteiger partial charge < -0.3 is 19.9 Å². The normalized spacial score (nSPS) is 12.7. The molecule has 2 aromatic carbocycles. The van der Waals surface area contributed by atoms with Crippen LogP contribution in [0.15, 0.2) is 60.7 Å². The van der Waals surface area contributed by atoms with Gasteiger partial charge in [-0.25, -0.2) is 0 Å². The first-order valence-electron chi connectivity index (χ1n) is 8.72. The van der Waals surface area contributed by atoms with Gasteiger partial charge in [-0.2, -0.15) is 5.26 Å². The first-order chi connectivity index (χ1) is 13.2. The van der Waals surface area contributed by atoms with E-state index in [9.17, 15) is 4.79 Å². The van der Waals surface area contributed by atoms with Crippen LogP contribution in [0.3, 0.4) is 0 Å². The maximum Gasteiger partial charge on any atom is 0.272 e. The smallest absolute Gasteiger partial charge is 0.272 e. The molecule has 0 saturated carbocycles. The van der Waals surface area contributed by atoms with Gasteiger partial charge in [0.2, 0.25) is 0 Å². The fraction of sp³-hybridized carbons (Fsp3) is 0.143. The highest BCUT2D eigenvalue weighted by Crippen LogP contribution is 2.26. The SMILES string of the molecule is N#Cc1ccccc1Oc1ccc(NC(=O)c2ccc3n2CCNC3)cc1. The lowest BCUT2D eigenvalue weighted by molar-refractivity contribution is 0.101. The van der Waals surface area contributed by atoms with Gasteiger partial charge in [0.1, 0.15) is 23.3 Å². The van der Waals surface area contributed by atoms with Crippen molar-refractivity contribution in [2.24, 2.45) is 0 Å². The molecule has 6 nitrogen and oxygen atoms in total. The van der Waals surface area contributed by atoms with Gasteiger partial charge in [0, 0.05) is 31.0 Å². The van der Waals surface area contributed by atoms with Crippen LogP contribution in [-0.4, -0.2) is 17.0 Å². The molecule has 0 unspecified atom stereocenters. The van der Waals surface area contributed by atoms with Crippen molar-refractivity contribution in [3.05, 3.63) is 77.6 Å². The molecule has 3 aromatic rings. The third-order valence-electron chi connectivity index (χ3n) is 4.47. The molecule has 27 heavy (non-hydrogen) atoms. The van der Waals surface area contributed by atoms with E-state index in [4.69, 9.17) is 10.00 Å². The number of nitriles is 1. The topological polar surface area (TPSA) is 79.1 Å². The molecule has 0 fully saturated rings. The lowest BCUT2D eigenvalue weighted by Gasteiger charge is -2.18. The molecule has 0 aliphatic carbocycles. The van der Waals surface area contributed by atoms with E-state index >= 15 is 0 Å². The number of aromatic nitrogens is 1. The summed E-state index contributed by atoms with van der Waals surface area (Å²) in [6, 6.07) is 20.1. The number of amides is 1. The second kappa shape index (κ2) is 7.36. The molecule has 2 N–H and O–H groups in total. The number of benzene rings is 2. The number of carbonyl (C=O) groups excluding carboxylic acids is 1. The van der Waals surface area contributed by atoms with E-state index in [0.29, 0.717) is 28.4 Å². The molecular weight excluding hydrogens is 340 g/mol. The van der Waals surface area contributed by atoms with Gasteiger partial charge in [-0.05, 0) is 48.5 Å². The third-order valence-corrected chi connectivity index (χ3v) is 4.47. The Kier molecular flexibility index (Phi) is 4.60. The summed E-state index contributed by atoms with van der Waals surface area (Å²) in [4.78, 5) is 12.6. The number of fused-ring (bicyclic) bond motifs is 1. The van der Waals surface area contributed by atoms with E-state index in [1.807, 2.05) is 22.8 Å². The maximum absolute atomic E-state index is 12.6. The molecular formula is C21H18N4O2. The van der Waals surface area contributed by atoms with Crippen molar-refractivity contribution < 1.29 is 9.53 Å². The molecule has 6 heteroatoms. The van der Waals surface area contributed by atoms with Crippen molar-refractivity contribution in [1.82, 2.24) is 9.88 Å². The largest absolute Gasteiger partial charge is 0.456 e. The van der Waals surface area contributed by atoms with Crippen LogP contribution < -0.4 is 15.4 Å². The average molecular weight is 358 g/mol. The molecule has 0 atom stereocenters. The van der Waals surface area contributed by atoms with Gasteiger partial charge in [0.05, 0.1) is 5.56 Å². The van der Waals surface area contributed by atoms with Gasteiger partial charge in [-0.1, -0.05) is 12.1 Å². The second-order valence-corrected chi connectivity index (χ2v) is 6.23. The fourth-order valence-corrected chi connectivity index (χ4v) is 3.11. The molecule has 1 amide bonds. The summed E-state index contributed by atoms with van der Waals surface area (Å²) in [5.41, 5.74) is 2.94. The van der Waals surface area contributed by atoms with Crippen LogP contribution in [0.1, 0.15) is 21.7 Å². The molecule has 134 valence electrons. The van der Waals surface area contributed by atoms with Crippen molar-refractivity contribution >= 4 is 11.6 Å². The number of rotatable bonds is 4. The summed E-state index contributed by atoms with van der Waals surface area (Å²) in [7, 11) is 0. The average Bonchev–Trinajstić information content (AvgIpc) is 3.14. The highest BCUT2D eigenvalue weighted by Gasteiger charge is 2.17. The predicted octanol–water partition coefficient (Wildman–Crippen LogP) is 3.51. The second-order valence-electron chi connectivity index (χ2n) is 6.23. The Hall–Kier alpha value is -3.56. The van der Waals surface area contributed by atoms with Gasteiger partial charge >= 0.3 is 0 Å². The van der Waals surface area contributed by atoms with Crippen LogP contribution in [0, 0.1) is 11.3 Å². The lowest BCUT2D eigenvalue weighted by Crippen LogP contribution is -2.30. The van der Waals surface area contributed by atoms with Gasteiger partial charge in [-0.15, -0.1) is 0 Å². The van der Waals surface area contributed by atoms with Crippen LogP contribution in [0.25, 0.3) is 0 Å². The Morgan fingerprint density at radius 2 is 1.93 bits per heavy atom. The number of nitrogens with zero attached hydrogens (tertiary/aromatic N) is 2. The van der Waals surface area contributed by atoms with E-state index in [2.05, 4.69) is 16.7 Å². The molecule has 4 rings (SSSR count). The number of ether oxygens (including phenoxy) is 1. The minimum Gasteiger partial charge on any atom is -0.456 e. The number of nitrogens with one attached hydrogen (secondary N) is 2. The van der Waals surface area contributed by atoms with Gasteiger partial charge in [0.25, 0.3) is 5.91 Å². The summed E-state index contributed by atoms with van der Waals surface area (Å²) >= 11 is 0. The van der Waals surface area contributed by atoms with Crippen LogP contribution in [-0.2, 0) is 13.1 Å². The number of hydrogen-bond donors (Lipinski definition) is 2. The van der Waals surface area contributed by atoms with Gasteiger partial charge in [0.15, 0.2) is 0 Å². The molecule has 0 spiro atoms. The highest BCUT2D eigenvalue weighted by molar-refractivity contribution is 6.03. The molecule has 2 heterocycles. The zero-order valence-electron chi connectivity index (χ0n) is 14.6. The molecule has 0 saturated heterocycles. The minimum atomic E-state index is -0.133. The quantitative estimate of drug-likeness (QED) is 0.748. The summed E-state index contributed by atoms with van der Waals surface area (Å²) < 4.78 is 7.80. The number of anilines is 1. The summed E-state index contributed by atoms with van der Waals surface area (Å²) in [5, 5.41) is 15.3. The van der Waals surface area contributed by atoms with E-state index in [1.165, 1.54) is 0 Å². The Bertz CT molecular complexity index is 1020. The summed E-state index contributed by atoms with van der Waals surface area (Å²) in [5.74, 6) is 0.971. The Morgan fingerprint density at radius 1 is 1.11 bits per heavy atom. The van der Waals surface area contributed by atoms with Crippen molar-refractivity contribution in [3.63, 3.8) is 0 Å². The van der Waals surface area contributed by atoms with Crippen LogP contribution >= 0.6 is 0 Å². The number of carbonyl (C=O) groups is 1. The lowest BCUT2D eigenvalue weighted by atomic mass is 10.2. The highest BCUT2D eigenvalue weighted by atomic mass is 16.5. The van der Waals surface area contributed by atoms with Crippen LogP contribution in [0.4, 0.5) is 5.69 Å². The molecule has 1 aromatic heterocycles. The fourth-order valence-electron chi connectivity index (χ4n) is 3.11. The zero-order valence-corrected chi connectivity index (χ0v) is 14.6. The van der Waals surface area contributed by atoms with Crippen molar-refractivity contribution in [1.29, 1.82) is 5.26 Å². The molecule has 0 radical (unpaired) electrons. The maximum atomic E-state index is 12.6. The summed E-state index contributed by atoms with van der Waals surface area (Å²) in [6.07, 6.45) is 0. The minimum absolute atomic E-state index is 0.133. The number of hydrogen-bond acceptors (Lipinski definition) is 4. The Morgan fingerprint density at radius 3 is 2.74 bits per heavy atom. The molecule has 1 aliphatic rings. The third kappa shape index (κ3) is 3.54. The monoisotopic (exact) mass is 358 g/mol. The predicted molar refractivity (Wildman–Crippen MR) is 102 cm³/mol. The van der Waals surface area contributed by atoms with E-state index in [1.54, 1.807) is 42.5 Å². The molecule has 0 bridgehead atoms. The molecule has 1 aliphatic heterocycles. The van der Waals surface area contributed by atoms with E-state index in [0.717, 1.165) is 25.3 Å². The van der Waals surface area contributed by atoms with Crippen molar-refractivity contribution in [3.8, 4) is 17.6 Å². The zero-order chi connectivity index (χ0) is 18.6. The standard InChI is InChI=1S/C21H18N4O2/c22-13-15-3-1-2-4-20(15)27-18-8-5-16(6-9-18)24-21(26)19-10-7-17-14-23-11-12-25(17)19/h1-10,23H,11-12,14H2,(H,24,26). The Balaban J connectivity index is 1.46. The first kappa shape index (κ1) is 16.9. The Labute approximate surface area is 157 Å². The number of para-hydroxylation sites is 1. The van der Waals surface area contributed by atoms with Gasteiger partial charge in [-0.3, -0.25) is 4.79 Å². The first-order valence-corrected chi connectivity index (χ1v) is 8.72.